The van der Waals surface area contributed by atoms with Crippen molar-refractivity contribution >= 4 is 5.91 Å². The number of aryl methyl sites for hydroxylation is 1. The summed E-state index contributed by atoms with van der Waals surface area (Å²) in [6.45, 7) is 2.32. The number of nitrogens with zero attached hydrogens (tertiary/aromatic N) is 1. The lowest BCUT2D eigenvalue weighted by atomic mass is 10.1. The van der Waals surface area contributed by atoms with Crippen LogP contribution in [0.4, 0.5) is 0 Å². The fraction of sp³-hybridized carbons (Fsp3) is 0.375. The first-order chi connectivity index (χ1) is 10.6. The largest absolute Gasteiger partial charge is 0.493 e. The van der Waals surface area contributed by atoms with Crippen molar-refractivity contribution in [1.29, 1.82) is 0 Å². The Balaban J connectivity index is 1.84. The van der Waals surface area contributed by atoms with E-state index < -0.39 is 0 Å². The summed E-state index contributed by atoms with van der Waals surface area (Å²) in [7, 11) is 3.15. The van der Waals surface area contributed by atoms with E-state index >= 15 is 0 Å². The summed E-state index contributed by atoms with van der Waals surface area (Å²) in [6.07, 6.45) is 2.54. The van der Waals surface area contributed by atoms with Crippen LogP contribution in [0.3, 0.4) is 0 Å². The van der Waals surface area contributed by atoms with Crippen LogP contribution in [-0.4, -0.2) is 31.7 Å². The van der Waals surface area contributed by atoms with Crippen LogP contribution in [0.25, 0.3) is 0 Å². The first-order valence-corrected chi connectivity index (χ1v) is 7.01. The normalized spacial score (nSPS) is 10.3. The fourth-order valence-corrected chi connectivity index (χ4v) is 2.09. The number of amides is 1. The van der Waals surface area contributed by atoms with Crippen molar-refractivity contribution in [3.05, 3.63) is 41.6 Å². The van der Waals surface area contributed by atoms with E-state index in [2.05, 4.69) is 10.3 Å². The number of carbonyl (C=O) groups is 1. The van der Waals surface area contributed by atoms with E-state index in [1.165, 1.54) is 0 Å². The molecule has 6 heteroatoms. The molecule has 0 aliphatic rings. The van der Waals surface area contributed by atoms with Gasteiger partial charge in [-0.25, -0.2) is 4.98 Å². The number of methoxy groups -OCH3 is 2. The number of ether oxygens (including phenoxy) is 2. The molecule has 6 nitrogen and oxygen atoms in total. The average molecular weight is 304 g/mol. The molecule has 1 aromatic heterocycles. The second kappa shape index (κ2) is 7.49. The Labute approximate surface area is 129 Å². The van der Waals surface area contributed by atoms with E-state index in [1.807, 2.05) is 6.07 Å². The maximum atomic E-state index is 11.9. The highest BCUT2D eigenvalue weighted by atomic mass is 16.5. The molecule has 0 radical (unpaired) electrons. The molecule has 0 spiro atoms. The number of hydrogen-bond donors (Lipinski definition) is 1. The Morgan fingerprint density at radius 1 is 1.27 bits per heavy atom. The van der Waals surface area contributed by atoms with Crippen molar-refractivity contribution in [3.8, 4) is 11.5 Å². The van der Waals surface area contributed by atoms with E-state index in [4.69, 9.17) is 13.9 Å². The molecule has 2 aromatic rings. The van der Waals surface area contributed by atoms with Crippen molar-refractivity contribution in [2.45, 2.75) is 19.8 Å². The number of aromatic nitrogens is 1. The molecule has 0 fully saturated rings. The highest BCUT2D eigenvalue weighted by Gasteiger charge is 2.08. The third-order valence-electron chi connectivity index (χ3n) is 3.18. The molecule has 0 aliphatic carbocycles. The molecule has 1 amide bonds. The van der Waals surface area contributed by atoms with Gasteiger partial charge in [0.25, 0.3) is 0 Å². The summed E-state index contributed by atoms with van der Waals surface area (Å²) in [5.74, 6) is 1.85. The smallest absolute Gasteiger partial charge is 0.224 e. The second-order valence-corrected chi connectivity index (χ2v) is 4.82. The van der Waals surface area contributed by atoms with Gasteiger partial charge in [-0.15, -0.1) is 0 Å². The summed E-state index contributed by atoms with van der Waals surface area (Å²) in [4.78, 5) is 16.1. The molecule has 0 atom stereocenters. The van der Waals surface area contributed by atoms with Gasteiger partial charge in [0, 0.05) is 19.9 Å². The Kier molecular flexibility index (Phi) is 5.41. The maximum absolute atomic E-state index is 11.9. The lowest BCUT2D eigenvalue weighted by Crippen LogP contribution is -2.27. The molecule has 118 valence electrons. The van der Waals surface area contributed by atoms with E-state index in [1.54, 1.807) is 39.5 Å². The SMILES string of the molecule is COc1ccc(CC(=O)NCCc2coc(C)n2)cc1OC. The zero-order valence-electron chi connectivity index (χ0n) is 13.0. The fourth-order valence-electron chi connectivity index (χ4n) is 2.09. The summed E-state index contributed by atoms with van der Waals surface area (Å²) in [5.41, 5.74) is 1.70. The van der Waals surface area contributed by atoms with Crippen LogP contribution in [0.1, 0.15) is 17.1 Å². The molecule has 0 saturated heterocycles. The van der Waals surface area contributed by atoms with Crippen LogP contribution in [-0.2, 0) is 17.6 Å². The van der Waals surface area contributed by atoms with Crippen LogP contribution < -0.4 is 14.8 Å². The topological polar surface area (TPSA) is 73.6 Å². The maximum Gasteiger partial charge on any atom is 0.224 e. The lowest BCUT2D eigenvalue weighted by Gasteiger charge is -2.09. The number of oxazole rings is 1. The van der Waals surface area contributed by atoms with Gasteiger partial charge in [0.1, 0.15) is 6.26 Å². The Morgan fingerprint density at radius 2 is 2.05 bits per heavy atom. The van der Waals surface area contributed by atoms with Crippen LogP contribution >= 0.6 is 0 Å². The van der Waals surface area contributed by atoms with Crippen LogP contribution in [0, 0.1) is 6.92 Å². The van der Waals surface area contributed by atoms with Crippen molar-refractivity contribution in [2.75, 3.05) is 20.8 Å². The van der Waals surface area contributed by atoms with Gasteiger partial charge in [-0.05, 0) is 17.7 Å². The number of benzene rings is 1. The summed E-state index contributed by atoms with van der Waals surface area (Å²) >= 11 is 0. The third kappa shape index (κ3) is 4.25. The number of rotatable bonds is 7. The standard InChI is InChI=1S/C16H20N2O4/c1-11-18-13(10-22-11)6-7-17-16(19)9-12-4-5-14(20-2)15(8-12)21-3/h4-5,8,10H,6-7,9H2,1-3H3,(H,17,19). The lowest BCUT2D eigenvalue weighted by molar-refractivity contribution is -0.120. The molecule has 1 heterocycles. The number of hydrogen-bond acceptors (Lipinski definition) is 5. The minimum absolute atomic E-state index is 0.0487. The zero-order chi connectivity index (χ0) is 15.9. The molecule has 0 bridgehead atoms. The highest BCUT2D eigenvalue weighted by Crippen LogP contribution is 2.27. The highest BCUT2D eigenvalue weighted by molar-refractivity contribution is 5.78. The molecule has 0 unspecified atom stereocenters. The second-order valence-electron chi connectivity index (χ2n) is 4.82. The Morgan fingerprint density at radius 3 is 2.68 bits per heavy atom. The van der Waals surface area contributed by atoms with Gasteiger partial charge < -0.3 is 19.2 Å². The average Bonchev–Trinajstić information content (AvgIpc) is 2.92. The Hall–Kier alpha value is -2.50. The molecule has 1 N–H and O–H groups in total. The van der Waals surface area contributed by atoms with Gasteiger partial charge in [0.15, 0.2) is 17.4 Å². The number of carbonyl (C=O) groups excluding carboxylic acids is 1. The summed E-state index contributed by atoms with van der Waals surface area (Å²) in [6, 6.07) is 5.45. The van der Waals surface area contributed by atoms with Gasteiger partial charge in [-0.2, -0.15) is 0 Å². The molecule has 0 saturated carbocycles. The first-order valence-electron chi connectivity index (χ1n) is 7.01. The Bertz CT molecular complexity index is 637. The van der Waals surface area contributed by atoms with E-state index in [-0.39, 0.29) is 12.3 Å². The predicted molar refractivity (Wildman–Crippen MR) is 81.2 cm³/mol. The number of nitrogens with one attached hydrogen (secondary N) is 1. The van der Waals surface area contributed by atoms with E-state index in [9.17, 15) is 4.79 Å². The van der Waals surface area contributed by atoms with Crippen molar-refractivity contribution < 1.29 is 18.7 Å². The van der Waals surface area contributed by atoms with Gasteiger partial charge in [-0.3, -0.25) is 4.79 Å². The monoisotopic (exact) mass is 304 g/mol. The van der Waals surface area contributed by atoms with Gasteiger partial charge >= 0.3 is 0 Å². The van der Waals surface area contributed by atoms with Gasteiger partial charge in [-0.1, -0.05) is 6.07 Å². The minimum Gasteiger partial charge on any atom is -0.493 e. The van der Waals surface area contributed by atoms with Crippen molar-refractivity contribution in [1.82, 2.24) is 10.3 Å². The van der Waals surface area contributed by atoms with E-state index in [0.717, 1.165) is 11.3 Å². The van der Waals surface area contributed by atoms with Crippen LogP contribution in [0.2, 0.25) is 0 Å². The summed E-state index contributed by atoms with van der Waals surface area (Å²) in [5, 5.41) is 2.86. The molecule has 2 rings (SSSR count). The summed E-state index contributed by atoms with van der Waals surface area (Å²) < 4.78 is 15.5. The predicted octanol–water partition coefficient (Wildman–Crippen LogP) is 1.90. The quantitative estimate of drug-likeness (QED) is 0.845. The zero-order valence-corrected chi connectivity index (χ0v) is 13.0. The van der Waals surface area contributed by atoms with Crippen molar-refractivity contribution in [3.63, 3.8) is 0 Å². The molecule has 0 aliphatic heterocycles. The third-order valence-corrected chi connectivity index (χ3v) is 3.18. The molecule has 22 heavy (non-hydrogen) atoms. The first kappa shape index (κ1) is 15.9. The molecular weight excluding hydrogens is 284 g/mol. The van der Waals surface area contributed by atoms with E-state index in [0.29, 0.717) is 30.4 Å². The molecule has 1 aromatic carbocycles. The van der Waals surface area contributed by atoms with Crippen molar-refractivity contribution in [2.24, 2.45) is 0 Å². The molecular formula is C16H20N2O4. The van der Waals surface area contributed by atoms with Gasteiger partial charge in [0.05, 0.1) is 26.3 Å². The van der Waals surface area contributed by atoms with Crippen LogP contribution in [0.5, 0.6) is 11.5 Å². The van der Waals surface area contributed by atoms with Gasteiger partial charge in [0.2, 0.25) is 5.91 Å². The minimum atomic E-state index is -0.0487. The van der Waals surface area contributed by atoms with Crippen LogP contribution in [0.15, 0.2) is 28.9 Å².